The summed E-state index contributed by atoms with van der Waals surface area (Å²) in [7, 11) is 0. The number of halogens is 3. The normalized spacial score (nSPS) is 15.6. The number of nitrogens with zero attached hydrogens (tertiary/aromatic N) is 1. The largest absolute Gasteiger partial charge is 0.471 e. The number of hydrogen-bond acceptors (Lipinski definition) is 2. The molecule has 0 saturated heterocycles. The number of amides is 1. The van der Waals surface area contributed by atoms with Crippen LogP contribution < -0.4 is 5.73 Å². The van der Waals surface area contributed by atoms with Crippen LogP contribution in [0.1, 0.15) is 11.1 Å². The molecule has 0 fully saturated rings. The van der Waals surface area contributed by atoms with E-state index in [0.717, 1.165) is 16.0 Å². The Morgan fingerprint density at radius 3 is 2.65 bits per heavy atom. The lowest BCUT2D eigenvalue weighted by Gasteiger charge is -2.29. The molecule has 0 unspecified atom stereocenters. The Kier molecular flexibility index (Phi) is 2.73. The summed E-state index contributed by atoms with van der Waals surface area (Å²) in [5.74, 6) is -1.78. The number of hydrogen-bond donors (Lipinski definition) is 1. The molecule has 1 aliphatic heterocycles. The van der Waals surface area contributed by atoms with Crippen molar-refractivity contribution in [3.8, 4) is 0 Å². The predicted molar refractivity (Wildman–Crippen MR) is 56.0 cm³/mol. The van der Waals surface area contributed by atoms with Crippen LogP contribution in [0, 0.1) is 0 Å². The maximum Gasteiger partial charge on any atom is 0.471 e. The number of carbonyl (C=O) groups is 1. The van der Waals surface area contributed by atoms with Crippen LogP contribution in [-0.4, -0.2) is 23.5 Å². The number of rotatable bonds is 0. The van der Waals surface area contributed by atoms with Crippen molar-refractivity contribution in [2.45, 2.75) is 19.1 Å². The number of fused-ring (bicyclic) bond motifs is 1. The van der Waals surface area contributed by atoms with E-state index in [1.807, 2.05) is 0 Å². The second kappa shape index (κ2) is 3.94. The second-order valence-corrected chi connectivity index (χ2v) is 4.00. The van der Waals surface area contributed by atoms with E-state index in [1.54, 1.807) is 18.2 Å². The van der Waals surface area contributed by atoms with Crippen LogP contribution in [0.25, 0.3) is 0 Å². The van der Waals surface area contributed by atoms with Crippen molar-refractivity contribution in [3.05, 3.63) is 29.3 Å². The highest BCUT2D eigenvalue weighted by Gasteiger charge is 2.43. The van der Waals surface area contributed by atoms with Gasteiger partial charge in [-0.15, -0.1) is 0 Å². The molecule has 1 aliphatic rings. The molecule has 1 heterocycles. The first-order valence-corrected chi connectivity index (χ1v) is 5.11. The van der Waals surface area contributed by atoms with E-state index in [2.05, 4.69) is 0 Å². The molecular weight excluding hydrogens is 233 g/mol. The summed E-state index contributed by atoms with van der Waals surface area (Å²) < 4.78 is 36.8. The minimum atomic E-state index is -4.80. The molecule has 1 amide bonds. The van der Waals surface area contributed by atoms with Crippen molar-refractivity contribution in [1.82, 2.24) is 4.90 Å². The van der Waals surface area contributed by atoms with Gasteiger partial charge in [-0.3, -0.25) is 4.79 Å². The van der Waals surface area contributed by atoms with E-state index in [0.29, 0.717) is 12.1 Å². The molecular formula is C11H11F3N2O. The van der Waals surface area contributed by atoms with Crippen molar-refractivity contribution < 1.29 is 18.0 Å². The summed E-state index contributed by atoms with van der Waals surface area (Å²) in [5, 5.41) is 0. The lowest BCUT2D eigenvalue weighted by molar-refractivity contribution is -0.186. The summed E-state index contributed by atoms with van der Waals surface area (Å²) in [5.41, 5.74) is 7.81. The third kappa shape index (κ3) is 2.35. The quantitative estimate of drug-likeness (QED) is 0.706. The van der Waals surface area contributed by atoms with Gasteiger partial charge in [-0.25, -0.2) is 0 Å². The molecule has 1 aromatic carbocycles. The highest BCUT2D eigenvalue weighted by Crippen LogP contribution is 2.25. The Bertz CT molecular complexity index is 457. The lowest BCUT2D eigenvalue weighted by atomic mass is 9.99. The molecule has 0 aromatic heterocycles. The zero-order valence-electron chi connectivity index (χ0n) is 8.92. The van der Waals surface area contributed by atoms with Crippen molar-refractivity contribution in [2.75, 3.05) is 12.3 Å². The molecule has 92 valence electrons. The molecule has 2 N–H and O–H groups in total. The molecule has 17 heavy (non-hydrogen) atoms. The molecule has 0 atom stereocenters. The Labute approximate surface area is 96.0 Å². The number of nitrogens with two attached hydrogens (primary N) is 1. The van der Waals surface area contributed by atoms with Crippen LogP contribution in [0.2, 0.25) is 0 Å². The van der Waals surface area contributed by atoms with Gasteiger partial charge in [0.15, 0.2) is 0 Å². The van der Waals surface area contributed by atoms with E-state index in [4.69, 9.17) is 5.73 Å². The fourth-order valence-electron chi connectivity index (χ4n) is 1.93. The molecule has 0 bridgehead atoms. The van der Waals surface area contributed by atoms with E-state index in [-0.39, 0.29) is 13.1 Å². The van der Waals surface area contributed by atoms with Crippen LogP contribution in [0.4, 0.5) is 18.9 Å². The fraction of sp³-hybridized carbons (Fsp3) is 0.364. The lowest BCUT2D eigenvalue weighted by Crippen LogP contribution is -2.43. The maximum absolute atomic E-state index is 12.3. The van der Waals surface area contributed by atoms with Crippen LogP contribution in [0.3, 0.4) is 0 Å². The van der Waals surface area contributed by atoms with Crippen molar-refractivity contribution in [3.63, 3.8) is 0 Å². The third-order valence-electron chi connectivity index (χ3n) is 2.77. The summed E-state index contributed by atoms with van der Waals surface area (Å²) in [4.78, 5) is 11.9. The van der Waals surface area contributed by atoms with E-state index >= 15 is 0 Å². The number of benzene rings is 1. The first-order chi connectivity index (χ1) is 7.88. The molecule has 1 aromatic rings. The van der Waals surface area contributed by atoms with Gasteiger partial charge in [-0.2, -0.15) is 13.2 Å². The number of carbonyl (C=O) groups excluding carboxylic acids is 1. The molecule has 0 radical (unpaired) electrons. The third-order valence-corrected chi connectivity index (χ3v) is 2.77. The van der Waals surface area contributed by atoms with Gasteiger partial charge in [-0.1, -0.05) is 6.07 Å². The Morgan fingerprint density at radius 2 is 2.00 bits per heavy atom. The Morgan fingerprint density at radius 1 is 1.29 bits per heavy atom. The predicted octanol–water partition coefficient (Wildman–Crippen LogP) is 1.72. The van der Waals surface area contributed by atoms with Crippen LogP contribution in [-0.2, 0) is 17.8 Å². The van der Waals surface area contributed by atoms with Gasteiger partial charge < -0.3 is 10.6 Å². The molecule has 3 nitrogen and oxygen atoms in total. The minimum Gasteiger partial charge on any atom is -0.399 e. The number of anilines is 1. The Balaban J connectivity index is 2.19. The van der Waals surface area contributed by atoms with Crippen molar-refractivity contribution >= 4 is 11.6 Å². The average molecular weight is 244 g/mol. The van der Waals surface area contributed by atoms with E-state index in [9.17, 15) is 18.0 Å². The smallest absolute Gasteiger partial charge is 0.399 e. The Hall–Kier alpha value is -1.72. The standard InChI is InChI=1S/C11H11F3N2O/c12-11(13,14)10(17)16-4-3-7-5-9(15)2-1-8(7)6-16/h1-2,5H,3-4,6,15H2. The minimum absolute atomic E-state index is 0.00600. The van der Waals surface area contributed by atoms with E-state index in [1.165, 1.54) is 0 Å². The second-order valence-electron chi connectivity index (χ2n) is 4.00. The van der Waals surface area contributed by atoms with Crippen LogP contribution in [0.15, 0.2) is 18.2 Å². The van der Waals surface area contributed by atoms with Gasteiger partial charge in [0.05, 0.1) is 0 Å². The zero-order chi connectivity index (χ0) is 12.6. The van der Waals surface area contributed by atoms with Gasteiger partial charge in [0.1, 0.15) is 0 Å². The monoisotopic (exact) mass is 244 g/mol. The number of nitrogen functional groups attached to an aromatic ring is 1. The maximum atomic E-state index is 12.3. The van der Waals surface area contributed by atoms with Gasteiger partial charge in [0.25, 0.3) is 0 Å². The fourth-order valence-corrected chi connectivity index (χ4v) is 1.93. The van der Waals surface area contributed by atoms with E-state index < -0.39 is 12.1 Å². The first kappa shape index (κ1) is 11.8. The summed E-state index contributed by atoms with van der Waals surface area (Å²) >= 11 is 0. The highest BCUT2D eigenvalue weighted by atomic mass is 19.4. The molecule has 0 spiro atoms. The zero-order valence-corrected chi connectivity index (χ0v) is 8.92. The van der Waals surface area contributed by atoms with Crippen LogP contribution >= 0.6 is 0 Å². The van der Waals surface area contributed by atoms with Gasteiger partial charge in [0, 0.05) is 18.8 Å². The molecule has 0 aliphatic carbocycles. The van der Waals surface area contributed by atoms with Crippen LogP contribution in [0.5, 0.6) is 0 Å². The van der Waals surface area contributed by atoms with Gasteiger partial charge in [-0.05, 0) is 29.7 Å². The van der Waals surface area contributed by atoms with Gasteiger partial charge in [0.2, 0.25) is 0 Å². The topological polar surface area (TPSA) is 46.3 Å². The molecule has 2 rings (SSSR count). The van der Waals surface area contributed by atoms with Crippen molar-refractivity contribution in [2.24, 2.45) is 0 Å². The summed E-state index contributed by atoms with van der Waals surface area (Å²) in [6.07, 6.45) is -4.40. The van der Waals surface area contributed by atoms with Gasteiger partial charge >= 0.3 is 12.1 Å². The number of alkyl halides is 3. The van der Waals surface area contributed by atoms with Crippen molar-refractivity contribution in [1.29, 1.82) is 0 Å². The first-order valence-electron chi connectivity index (χ1n) is 5.11. The average Bonchev–Trinajstić information content (AvgIpc) is 2.26. The molecule has 0 saturated carbocycles. The molecule has 6 heteroatoms. The summed E-state index contributed by atoms with van der Waals surface area (Å²) in [6.45, 7) is 0.0722. The highest BCUT2D eigenvalue weighted by molar-refractivity contribution is 5.82. The summed E-state index contributed by atoms with van der Waals surface area (Å²) in [6, 6.07) is 5.03. The SMILES string of the molecule is Nc1ccc2c(c1)CCN(C(=O)C(F)(F)F)C2.